The highest BCUT2D eigenvalue weighted by atomic mass is 32.2. The molecule has 2 aromatic rings. The monoisotopic (exact) mass is 339 g/mol. The number of hydrogen-bond acceptors (Lipinski definition) is 7. The fourth-order valence-corrected chi connectivity index (χ4v) is 3.76. The van der Waals surface area contributed by atoms with Gasteiger partial charge < -0.3 is 10.6 Å². The molecule has 0 bridgehead atoms. The number of nitrogens with two attached hydrogens (primary N) is 1. The largest absolute Gasteiger partial charge is 0.380 e. The van der Waals surface area contributed by atoms with Gasteiger partial charge in [0.1, 0.15) is 10.6 Å². The number of amidine groups is 1. The van der Waals surface area contributed by atoms with E-state index in [1.54, 1.807) is 12.1 Å². The Morgan fingerprint density at radius 3 is 2.62 bits per heavy atom. The summed E-state index contributed by atoms with van der Waals surface area (Å²) in [4.78, 5) is 17.1. The van der Waals surface area contributed by atoms with Gasteiger partial charge >= 0.3 is 5.97 Å². The normalized spacial score (nSPS) is 11.4. The Bertz CT molecular complexity index is 634. The number of thioether (sulfide) groups is 2. The van der Waals surface area contributed by atoms with Crippen molar-refractivity contribution in [1.29, 1.82) is 0 Å². The van der Waals surface area contributed by atoms with E-state index in [2.05, 4.69) is 9.53 Å². The molecule has 0 radical (unpaired) electrons. The van der Waals surface area contributed by atoms with Crippen LogP contribution in [0.15, 0.2) is 44.7 Å². The molecule has 1 heterocycles. The van der Waals surface area contributed by atoms with Crippen molar-refractivity contribution in [2.75, 3.05) is 12.5 Å². The van der Waals surface area contributed by atoms with Gasteiger partial charge in [0.2, 0.25) is 0 Å². The molecule has 8 heteroatoms. The summed E-state index contributed by atoms with van der Waals surface area (Å²) in [6.45, 7) is 0. The van der Waals surface area contributed by atoms with E-state index in [1.807, 2.05) is 30.7 Å². The Kier molecular flexibility index (Phi) is 5.66. The lowest BCUT2D eigenvalue weighted by atomic mass is 10.2. The number of carbonyl (C=O) groups excluding carboxylic acids is 1. The number of oxime groups is 1. The Hall–Kier alpha value is -1.51. The van der Waals surface area contributed by atoms with Crippen molar-refractivity contribution < 1.29 is 9.63 Å². The zero-order valence-corrected chi connectivity index (χ0v) is 13.8. The third kappa shape index (κ3) is 3.78. The fraction of sp³-hybridized carbons (Fsp3) is 0.154. The zero-order chi connectivity index (χ0) is 15.2. The van der Waals surface area contributed by atoms with Gasteiger partial charge in [0, 0.05) is 5.56 Å². The highest BCUT2D eigenvalue weighted by Gasteiger charge is 2.22. The van der Waals surface area contributed by atoms with Crippen LogP contribution in [-0.2, 0) is 4.84 Å². The molecule has 1 aromatic carbocycles. The van der Waals surface area contributed by atoms with Crippen LogP contribution >= 0.6 is 35.1 Å². The van der Waals surface area contributed by atoms with Crippen LogP contribution in [0.3, 0.4) is 0 Å². The first-order chi connectivity index (χ1) is 10.2. The summed E-state index contributed by atoms with van der Waals surface area (Å²) < 4.78 is 5.02. The third-order valence-electron chi connectivity index (χ3n) is 2.51. The van der Waals surface area contributed by atoms with Crippen LogP contribution in [0.2, 0.25) is 0 Å². The molecule has 0 atom stereocenters. The van der Waals surface area contributed by atoms with Gasteiger partial charge in [0.25, 0.3) is 0 Å². The van der Waals surface area contributed by atoms with Crippen LogP contribution < -0.4 is 5.73 Å². The number of nitrogens with zero attached hydrogens (tertiary/aromatic N) is 2. The quantitative estimate of drug-likeness (QED) is 0.297. The summed E-state index contributed by atoms with van der Waals surface area (Å²) in [5.74, 6) is -0.389. The SMILES string of the molecule is CSc1nsc(SC)c1C(=O)O/N=C(\N)c1ccccc1. The predicted molar refractivity (Wildman–Crippen MR) is 88.3 cm³/mol. The molecule has 2 rings (SSSR count). The van der Waals surface area contributed by atoms with E-state index in [0.717, 1.165) is 4.21 Å². The summed E-state index contributed by atoms with van der Waals surface area (Å²) in [5, 5.41) is 4.35. The molecule has 1 aromatic heterocycles. The Labute approximate surface area is 135 Å². The summed E-state index contributed by atoms with van der Waals surface area (Å²) in [6.07, 6.45) is 3.74. The van der Waals surface area contributed by atoms with Gasteiger partial charge in [-0.3, -0.25) is 0 Å². The van der Waals surface area contributed by atoms with Crippen molar-refractivity contribution in [1.82, 2.24) is 4.37 Å². The zero-order valence-electron chi connectivity index (χ0n) is 11.4. The number of rotatable bonds is 5. The van der Waals surface area contributed by atoms with Crippen molar-refractivity contribution in [2.24, 2.45) is 10.9 Å². The molecular weight excluding hydrogens is 326 g/mol. The molecule has 0 amide bonds. The summed E-state index contributed by atoms with van der Waals surface area (Å²) in [5.41, 5.74) is 6.93. The third-order valence-corrected chi connectivity index (χ3v) is 5.25. The highest BCUT2D eigenvalue weighted by molar-refractivity contribution is 8.01. The van der Waals surface area contributed by atoms with Gasteiger partial charge in [0.15, 0.2) is 5.84 Å². The first-order valence-electron chi connectivity index (χ1n) is 5.85. The summed E-state index contributed by atoms with van der Waals surface area (Å²) in [6, 6.07) is 9.12. The minimum Gasteiger partial charge on any atom is -0.380 e. The smallest absolute Gasteiger partial charge is 0.370 e. The summed E-state index contributed by atoms with van der Waals surface area (Å²) >= 11 is 4.12. The minimum atomic E-state index is -0.545. The maximum Gasteiger partial charge on any atom is 0.370 e. The molecule has 0 aliphatic carbocycles. The molecule has 2 N–H and O–H groups in total. The van der Waals surface area contributed by atoms with E-state index < -0.39 is 5.97 Å². The molecule has 110 valence electrons. The van der Waals surface area contributed by atoms with E-state index in [-0.39, 0.29) is 5.84 Å². The van der Waals surface area contributed by atoms with E-state index >= 15 is 0 Å². The van der Waals surface area contributed by atoms with Crippen molar-refractivity contribution in [3.05, 3.63) is 41.5 Å². The Morgan fingerprint density at radius 2 is 2.00 bits per heavy atom. The van der Waals surface area contributed by atoms with E-state index in [9.17, 15) is 4.79 Å². The second-order valence-electron chi connectivity index (χ2n) is 3.78. The van der Waals surface area contributed by atoms with Crippen molar-refractivity contribution in [3.8, 4) is 0 Å². The second kappa shape index (κ2) is 7.48. The topological polar surface area (TPSA) is 77.6 Å². The van der Waals surface area contributed by atoms with Crippen LogP contribution in [-0.4, -0.2) is 28.7 Å². The van der Waals surface area contributed by atoms with Crippen LogP contribution in [0, 0.1) is 0 Å². The molecule has 0 unspecified atom stereocenters. The predicted octanol–water partition coefficient (Wildman–Crippen LogP) is 3.06. The highest BCUT2D eigenvalue weighted by Crippen LogP contribution is 2.33. The fourth-order valence-electron chi connectivity index (χ4n) is 1.51. The lowest BCUT2D eigenvalue weighted by molar-refractivity contribution is 0.0508. The van der Waals surface area contributed by atoms with Crippen LogP contribution in [0.25, 0.3) is 0 Å². The van der Waals surface area contributed by atoms with Gasteiger partial charge in [-0.1, -0.05) is 35.5 Å². The number of carbonyl (C=O) groups is 1. The molecule has 0 fully saturated rings. The molecule has 21 heavy (non-hydrogen) atoms. The van der Waals surface area contributed by atoms with Crippen molar-refractivity contribution >= 4 is 46.9 Å². The van der Waals surface area contributed by atoms with Gasteiger partial charge in [-0.05, 0) is 24.0 Å². The number of hydrogen-bond donors (Lipinski definition) is 1. The van der Waals surface area contributed by atoms with E-state index in [0.29, 0.717) is 16.2 Å². The lowest BCUT2D eigenvalue weighted by Crippen LogP contribution is -2.15. The molecule has 0 aliphatic rings. The molecular formula is C13H13N3O2S3. The maximum atomic E-state index is 12.2. The first-order valence-corrected chi connectivity index (χ1v) is 9.07. The average Bonchev–Trinajstić information content (AvgIpc) is 2.96. The standard InChI is InChI=1S/C13H13N3O2S3/c1-19-11-9(13(20-2)21-16-11)12(17)18-15-10(14)8-6-4-3-5-7-8/h3-7H,1-2H3,(H2,14,15). The first kappa shape index (κ1) is 15.9. The van der Waals surface area contributed by atoms with Crippen LogP contribution in [0.5, 0.6) is 0 Å². The molecule has 0 saturated carbocycles. The van der Waals surface area contributed by atoms with Crippen molar-refractivity contribution in [2.45, 2.75) is 9.24 Å². The molecule has 0 saturated heterocycles. The summed E-state index contributed by atoms with van der Waals surface area (Å²) in [7, 11) is 0. The van der Waals surface area contributed by atoms with Crippen LogP contribution in [0.1, 0.15) is 15.9 Å². The van der Waals surface area contributed by atoms with E-state index in [1.165, 1.54) is 35.1 Å². The Morgan fingerprint density at radius 1 is 1.29 bits per heavy atom. The maximum absolute atomic E-state index is 12.2. The minimum absolute atomic E-state index is 0.156. The van der Waals surface area contributed by atoms with Gasteiger partial charge in [-0.2, -0.15) is 4.37 Å². The van der Waals surface area contributed by atoms with E-state index in [4.69, 9.17) is 10.6 Å². The number of aromatic nitrogens is 1. The van der Waals surface area contributed by atoms with Crippen molar-refractivity contribution in [3.63, 3.8) is 0 Å². The lowest BCUT2D eigenvalue weighted by Gasteiger charge is -2.02. The molecule has 5 nitrogen and oxygen atoms in total. The van der Waals surface area contributed by atoms with Gasteiger partial charge in [0.05, 0.1) is 4.21 Å². The van der Waals surface area contributed by atoms with Crippen LogP contribution in [0.4, 0.5) is 0 Å². The second-order valence-corrected chi connectivity index (χ2v) is 6.42. The molecule has 0 aliphatic heterocycles. The Balaban J connectivity index is 2.17. The average molecular weight is 339 g/mol. The number of benzene rings is 1. The van der Waals surface area contributed by atoms with Gasteiger partial charge in [-0.15, -0.1) is 23.5 Å². The molecule has 0 spiro atoms. The van der Waals surface area contributed by atoms with Gasteiger partial charge in [-0.25, -0.2) is 4.79 Å².